The van der Waals surface area contributed by atoms with Gasteiger partial charge in [0.15, 0.2) is 0 Å². The lowest BCUT2D eigenvalue weighted by molar-refractivity contribution is -0.136. The first-order chi connectivity index (χ1) is 13.0. The number of sulfonamides is 1. The normalized spacial score (nSPS) is 16.6. The predicted molar refractivity (Wildman–Crippen MR) is 107 cm³/mol. The molecule has 144 valence electrons. The van der Waals surface area contributed by atoms with Crippen LogP contribution < -0.4 is 0 Å². The van der Waals surface area contributed by atoms with E-state index in [2.05, 4.69) is 4.98 Å². The number of rotatable bonds is 6. The Labute approximate surface area is 164 Å². The summed E-state index contributed by atoms with van der Waals surface area (Å²) in [5.74, 6) is -0.0851. The number of hydrogen-bond donors (Lipinski definition) is 0. The van der Waals surface area contributed by atoms with E-state index in [9.17, 15) is 13.2 Å². The van der Waals surface area contributed by atoms with Gasteiger partial charge in [0.05, 0.1) is 17.7 Å². The number of carbonyl (C=O) groups is 1. The maximum absolute atomic E-state index is 12.6. The molecule has 1 amide bonds. The summed E-state index contributed by atoms with van der Waals surface area (Å²) in [6.45, 7) is 1.21. The minimum Gasteiger partial charge on any atom is -0.340 e. The van der Waals surface area contributed by atoms with Gasteiger partial charge in [0, 0.05) is 36.8 Å². The number of piperidine rings is 1. The highest BCUT2D eigenvalue weighted by Crippen LogP contribution is 2.23. The number of carbonyl (C=O) groups excluding carboxylic acids is 1. The van der Waals surface area contributed by atoms with Crippen LogP contribution in [0.1, 0.15) is 24.1 Å². The summed E-state index contributed by atoms with van der Waals surface area (Å²) in [6, 6.07) is 9.33. The van der Waals surface area contributed by atoms with Crippen molar-refractivity contribution in [3.63, 3.8) is 0 Å². The highest BCUT2D eigenvalue weighted by molar-refractivity contribution is 7.92. The molecule has 8 heteroatoms. The van der Waals surface area contributed by atoms with Crippen LogP contribution in [0, 0.1) is 5.92 Å². The van der Waals surface area contributed by atoms with Crippen LogP contribution >= 0.6 is 11.3 Å². The summed E-state index contributed by atoms with van der Waals surface area (Å²) in [5, 5.41) is 3.18. The molecule has 0 bridgehead atoms. The summed E-state index contributed by atoms with van der Waals surface area (Å²) in [7, 11) is -1.70. The van der Waals surface area contributed by atoms with E-state index in [4.69, 9.17) is 0 Å². The second kappa shape index (κ2) is 8.77. The summed E-state index contributed by atoms with van der Waals surface area (Å²) in [6.07, 6.45) is 2.69. The van der Waals surface area contributed by atoms with Crippen LogP contribution in [0.2, 0.25) is 0 Å². The van der Waals surface area contributed by atoms with Crippen molar-refractivity contribution in [2.75, 3.05) is 20.1 Å². The van der Waals surface area contributed by atoms with E-state index >= 15 is 0 Å². The van der Waals surface area contributed by atoms with E-state index in [1.54, 1.807) is 23.5 Å². The third-order valence-electron chi connectivity index (χ3n) is 4.65. The molecule has 0 spiro atoms. The average Bonchev–Trinajstić information content (AvgIpc) is 3.20. The lowest BCUT2D eigenvalue weighted by atomic mass is 9.96. The Bertz CT molecular complexity index is 872. The number of hydrogen-bond acceptors (Lipinski definition) is 5. The van der Waals surface area contributed by atoms with Crippen molar-refractivity contribution < 1.29 is 13.2 Å². The first-order valence-corrected chi connectivity index (χ1v) is 11.3. The van der Waals surface area contributed by atoms with Crippen LogP contribution in [0.5, 0.6) is 0 Å². The van der Waals surface area contributed by atoms with Gasteiger partial charge < -0.3 is 4.90 Å². The van der Waals surface area contributed by atoms with Crippen molar-refractivity contribution in [2.45, 2.75) is 19.4 Å². The van der Waals surface area contributed by atoms with Gasteiger partial charge in [-0.2, -0.15) is 4.31 Å². The molecule has 1 saturated heterocycles. The maximum atomic E-state index is 12.6. The predicted octanol–water partition coefficient (Wildman–Crippen LogP) is 2.81. The zero-order valence-corrected chi connectivity index (χ0v) is 16.8. The Kier molecular flexibility index (Phi) is 6.41. The summed E-state index contributed by atoms with van der Waals surface area (Å²) in [5.41, 5.74) is 3.47. The molecule has 1 aromatic heterocycles. The lowest BCUT2D eigenvalue weighted by Crippen LogP contribution is -2.42. The molecule has 6 nitrogen and oxygen atoms in total. The number of aromatic nitrogens is 1. The van der Waals surface area contributed by atoms with Gasteiger partial charge in [0.2, 0.25) is 15.9 Å². The van der Waals surface area contributed by atoms with Crippen LogP contribution in [0.3, 0.4) is 0 Å². The maximum Gasteiger partial charge on any atom is 0.236 e. The van der Waals surface area contributed by atoms with Gasteiger partial charge in [0.25, 0.3) is 0 Å². The molecule has 0 N–H and O–H groups in total. The lowest BCUT2D eigenvalue weighted by Gasteiger charge is -2.31. The second-order valence-corrected chi connectivity index (χ2v) is 9.14. The molecule has 1 aliphatic heterocycles. The SMILES string of the molecule is CN(Cc1cscn1)C(=O)C1CCN(S(=O)(=O)/C=C\c2ccccc2)CC1. The highest BCUT2D eigenvalue weighted by atomic mass is 32.2. The molecule has 0 saturated carbocycles. The monoisotopic (exact) mass is 405 g/mol. The first-order valence-electron chi connectivity index (χ1n) is 8.81. The summed E-state index contributed by atoms with van der Waals surface area (Å²) < 4.78 is 26.5. The van der Waals surface area contributed by atoms with Crippen LogP contribution in [-0.2, 0) is 21.4 Å². The Balaban J connectivity index is 1.54. The van der Waals surface area contributed by atoms with E-state index < -0.39 is 10.0 Å². The Morgan fingerprint density at radius 1 is 1.30 bits per heavy atom. The average molecular weight is 406 g/mol. The zero-order chi connectivity index (χ0) is 19.3. The molecule has 2 heterocycles. The molecule has 1 fully saturated rings. The van der Waals surface area contributed by atoms with E-state index in [1.165, 1.54) is 21.1 Å². The Morgan fingerprint density at radius 2 is 2.00 bits per heavy atom. The van der Waals surface area contributed by atoms with Gasteiger partial charge in [-0.3, -0.25) is 4.79 Å². The van der Waals surface area contributed by atoms with E-state index in [-0.39, 0.29) is 11.8 Å². The van der Waals surface area contributed by atoms with Crippen LogP contribution in [0.15, 0.2) is 46.6 Å². The number of thiazole rings is 1. The fourth-order valence-corrected chi connectivity index (χ4v) is 4.89. The van der Waals surface area contributed by atoms with Gasteiger partial charge in [-0.1, -0.05) is 30.3 Å². The quantitative estimate of drug-likeness (QED) is 0.741. The molecule has 0 atom stereocenters. The van der Waals surface area contributed by atoms with E-state index in [0.717, 1.165) is 11.3 Å². The molecule has 2 aromatic rings. The van der Waals surface area contributed by atoms with Gasteiger partial charge >= 0.3 is 0 Å². The van der Waals surface area contributed by atoms with Crippen LogP contribution in [0.25, 0.3) is 6.08 Å². The molecule has 27 heavy (non-hydrogen) atoms. The van der Waals surface area contributed by atoms with Gasteiger partial charge in [-0.15, -0.1) is 11.3 Å². The molecule has 0 radical (unpaired) electrons. The van der Waals surface area contributed by atoms with Crippen LogP contribution in [-0.4, -0.2) is 48.7 Å². The number of amides is 1. The highest BCUT2D eigenvalue weighted by Gasteiger charge is 2.31. The number of benzene rings is 1. The van der Waals surface area contributed by atoms with Gasteiger partial charge in [-0.05, 0) is 24.5 Å². The molecule has 1 aliphatic rings. The molecule has 3 rings (SSSR count). The minimum atomic E-state index is -3.47. The van der Waals surface area contributed by atoms with Crippen molar-refractivity contribution in [2.24, 2.45) is 5.92 Å². The van der Waals surface area contributed by atoms with Crippen molar-refractivity contribution in [1.29, 1.82) is 0 Å². The third kappa shape index (κ3) is 5.24. The number of nitrogens with zero attached hydrogens (tertiary/aromatic N) is 3. The molecular formula is C19H23N3O3S2. The van der Waals surface area contributed by atoms with Crippen molar-refractivity contribution >= 4 is 33.3 Å². The largest absolute Gasteiger partial charge is 0.340 e. The Hall–Kier alpha value is -2.03. The molecule has 0 unspecified atom stereocenters. The van der Waals surface area contributed by atoms with Crippen molar-refractivity contribution in [3.8, 4) is 0 Å². The fourth-order valence-electron chi connectivity index (χ4n) is 3.12. The topological polar surface area (TPSA) is 70.6 Å². The molecule has 1 aromatic carbocycles. The van der Waals surface area contributed by atoms with E-state index in [0.29, 0.717) is 32.5 Å². The zero-order valence-electron chi connectivity index (χ0n) is 15.2. The minimum absolute atomic E-state index is 0.0554. The Morgan fingerprint density at radius 3 is 2.63 bits per heavy atom. The third-order valence-corrected chi connectivity index (χ3v) is 6.85. The fraction of sp³-hybridized carbons (Fsp3) is 0.368. The summed E-state index contributed by atoms with van der Waals surface area (Å²) in [4.78, 5) is 18.5. The molecular weight excluding hydrogens is 382 g/mol. The van der Waals surface area contributed by atoms with E-state index in [1.807, 2.05) is 35.7 Å². The van der Waals surface area contributed by atoms with Crippen molar-refractivity contribution in [1.82, 2.24) is 14.2 Å². The second-order valence-electron chi connectivity index (χ2n) is 6.61. The summed E-state index contributed by atoms with van der Waals surface area (Å²) >= 11 is 1.51. The smallest absolute Gasteiger partial charge is 0.236 e. The van der Waals surface area contributed by atoms with Gasteiger partial charge in [-0.25, -0.2) is 13.4 Å². The van der Waals surface area contributed by atoms with Crippen LogP contribution in [0.4, 0.5) is 0 Å². The van der Waals surface area contributed by atoms with Crippen molar-refractivity contribution in [3.05, 3.63) is 57.9 Å². The van der Waals surface area contributed by atoms with Gasteiger partial charge in [0.1, 0.15) is 0 Å². The molecule has 0 aliphatic carbocycles. The first kappa shape index (κ1) is 19.7. The standard InChI is InChI=1S/C19H23N3O3S2/c1-21(13-18-14-26-15-20-18)19(23)17-7-10-22(11-8-17)27(24,25)12-9-16-5-3-2-4-6-16/h2-6,9,12,14-15,17H,7-8,10-11,13H2,1H3/b12-9-.